The molecule has 0 spiro atoms. The summed E-state index contributed by atoms with van der Waals surface area (Å²) < 4.78 is 0. The van der Waals surface area contributed by atoms with E-state index in [4.69, 9.17) is 5.11 Å². The number of amides is 1. The topological polar surface area (TPSA) is 66.4 Å². The monoisotopic (exact) mass is 253 g/mol. The molecule has 18 heavy (non-hydrogen) atoms. The number of hydrogen-bond acceptors (Lipinski definition) is 2. The largest absolute Gasteiger partial charge is 0.481 e. The van der Waals surface area contributed by atoms with Crippen LogP contribution in [-0.4, -0.2) is 23.0 Å². The highest BCUT2D eigenvalue weighted by atomic mass is 16.4. The van der Waals surface area contributed by atoms with E-state index >= 15 is 0 Å². The van der Waals surface area contributed by atoms with E-state index in [-0.39, 0.29) is 23.8 Å². The van der Waals surface area contributed by atoms with Crippen LogP contribution in [-0.2, 0) is 9.59 Å². The molecule has 0 aromatic rings. The smallest absolute Gasteiger partial charge is 0.306 e. The first-order valence-corrected chi connectivity index (χ1v) is 7.11. The van der Waals surface area contributed by atoms with E-state index in [1.807, 2.05) is 0 Å². The van der Waals surface area contributed by atoms with E-state index in [2.05, 4.69) is 12.2 Å². The molecule has 2 fully saturated rings. The molecule has 4 nitrogen and oxygen atoms in total. The SMILES string of the molecule is C[C@H](NC(=O)C1CCC(C(=O)O)C1)C1CCCC1. The zero-order valence-corrected chi connectivity index (χ0v) is 11.0. The lowest BCUT2D eigenvalue weighted by atomic mass is 9.98. The van der Waals surface area contributed by atoms with Crippen molar-refractivity contribution in [2.45, 2.75) is 57.9 Å². The lowest BCUT2D eigenvalue weighted by Gasteiger charge is -2.22. The summed E-state index contributed by atoms with van der Waals surface area (Å²) in [5.74, 6) is -0.476. The standard InChI is InChI=1S/C14H23NO3/c1-9(10-4-2-3-5-10)15-13(16)11-6-7-12(8-11)14(17)18/h9-12H,2-8H2,1H3,(H,15,16)(H,17,18)/t9-,11?,12?/m0/s1. The van der Waals surface area contributed by atoms with Crippen LogP contribution in [0.4, 0.5) is 0 Å². The molecule has 2 aliphatic carbocycles. The summed E-state index contributed by atoms with van der Waals surface area (Å²) in [5, 5.41) is 12.0. The third kappa shape index (κ3) is 3.03. The molecule has 3 atom stereocenters. The Kier molecular flexibility index (Phi) is 4.25. The molecule has 0 bridgehead atoms. The lowest BCUT2D eigenvalue weighted by Crippen LogP contribution is -2.40. The number of carbonyl (C=O) groups is 2. The van der Waals surface area contributed by atoms with E-state index in [0.717, 1.165) is 6.42 Å². The van der Waals surface area contributed by atoms with Gasteiger partial charge in [0, 0.05) is 12.0 Å². The Bertz CT molecular complexity index is 323. The van der Waals surface area contributed by atoms with Gasteiger partial charge in [-0.3, -0.25) is 9.59 Å². The summed E-state index contributed by atoms with van der Waals surface area (Å²) in [6, 6.07) is 0.240. The van der Waals surface area contributed by atoms with Gasteiger partial charge < -0.3 is 10.4 Å². The normalized spacial score (nSPS) is 30.3. The molecule has 2 rings (SSSR count). The number of hydrogen-bond donors (Lipinski definition) is 2. The molecular weight excluding hydrogens is 230 g/mol. The van der Waals surface area contributed by atoms with Crippen LogP contribution in [0.25, 0.3) is 0 Å². The van der Waals surface area contributed by atoms with Crippen molar-refractivity contribution < 1.29 is 14.7 Å². The molecule has 4 heteroatoms. The van der Waals surface area contributed by atoms with Crippen molar-refractivity contribution in [3.63, 3.8) is 0 Å². The molecule has 0 radical (unpaired) electrons. The molecule has 2 aliphatic rings. The van der Waals surface area contributed by atoms with Crippen molar-refractivity contribution >= 4 is 11.9 Å². The first-order chi connectivity index (χ1) is 8.58. The van der Waals surface area contributed by atoms with E-state index in [9.17, 15) is 9.59 Å². The molecule has 2 saturated carbocycles. The molecule has 1 amide bonds. The van der Waals surface area contributed by atoms with Crippen LogP contribution in [0.15, 0.2) is 0 Å². The Balaban J connectivity index is 1.79. The Morgan fingerprint density at radius 3 is 2.28 bits per heavy atom. The van der Waals surface area contributed by atoms with Gasteiger partial charge in [0.1, 0.15) is 0 Å². The lowest BCUT2D eigenvalue weighted by molar-refractivity contribution is -0.141. The maximum atomic E-state index is 12.1. The molecule has 0 heterocycles. The summed E-state index contributed by atoms with van der Waals surface area (Å²) in [4.78, 5) is 22.9. The van der Waals surface area contributed by atoms with Gasteiger partial charge in [-0.1, -0.05) is 12.8 Å². The highest BCUT2D eigenvalue weighted by Crippen LogP contribution is 2.32. The van der Waals surface area contributed by atoms with Gasteiger partial charge in [-0.05, 0) is 44.9 Å². The number of aliphatic carboxylic acids is 1. The van der Waals surface area contributed by atoms with Crippen molar-refractivity contribution in [1.29, 1.82) is 0 Å². The van der Waals surface area contributed by atoms with Crippen molar-refractivity contribution in [3.8, 4) is 0 Å². The average Bonchev–Trinajstić information content (AvgIpc) is 3.00. The molecule has 2 unspecified atom stereocenters. The minimum atomic E-state index is -0.755. The molecule has 2 N–H and O–H groups in total. The predicted octanol–water partition coefficient (Wildman–Crippen LogP) is 2.18. The van der Waals surface area contributed by atoms with Crippen molar-refractivity contribution in [3.05, 3.63) is 0 Å². The third-order valence-electron chi connectivity index (χ3n) is 4.63. The summed E-state index contributed by atoms with van der Waals surface area (Å²) >= 11 is 0. The molecule has 0 aliphatic heterocycles. The zero-order chi connectivity index (χ0) is 13.1. The Morgan fingerprint density at radius 1 is 1.11 bits per heavy atom. The number of rotatable bonds is 4. The van der Waals surface area contributed by atoms with Gasteiger partial charge >= 0.3 is 5.97 Å². The van der Waals surface area contributed by atoms with Gasteiger partial charge in [-0.25, -0.2) is 0 Å². The van der Waals surface area contributed by atoms with Crippen molar-refractivity contribution in [2.75, 3.05) is 0 Å². The van der Waals surface area contributed by atoms with Gasteiger partial charge in [0.05, 0.1) is 5.92 Å². The van der Waals surface area contributed by atoms with Gasteiger partial charge in [-0.15, -0.1) is 0 Å². The maximum absolute atomic E-state index is 12.1. The predicted molar refractivity (Wildman–Crippen MR) is 68.0 cm³/mol. The highest BCUT2D eigenvalue weighted by Gasteiger charge is 2.34. The Hall–Kier alpha value is -1.06. The van der Waals surface area contributed by atoms with Gasteiger partial charge in [-0.2, -0.15) is 0 Å². The van der Waals surface area contributed by atoms with E-state index in [0.29, 0.717) is 18.8 Å². The number of carboxylic acid groups (broad SMARTS) is 1. The fraction of sp³-hybridized carbons (Fsp3) is 0.857. The number of carbonyl (C=O) groups excluding carboxylic acids is 1. The minimum absolute atomic E-state index is 0.0677. The quantitative estimate of drug-likeness (QED) is 0.807. The van der Waals surface area contributed by atoms with Crippen molar-refractivity contribution in [2.24, 2.45) is 17.8 Å². The van der Waals surface area contributed by atoms with Gasteiger partial charge in [0.15, 0.2) is 0 Å². The Labute approximate surface area is 108 Å². The van der Waals surface area contributed by atoms with Crippen molar-refractivity contribution in [1.82, 2.24) is 5.32 Å². The number of nitrogens with one attached hydrogen (secondary N) is 1. The molecule has 0 saturated heterocycles. The third-order valence-corrected chi connectivity index (χ3v) is 4.63. The van der Waals surface area contributed by atoms with Gasteiger partial charge in [0.2, 0.25) is 5.91 Å². The zero-order valence-electron chi connectivity index (χ0n) is 11.0. The van der Waals surface area contributed by atoms with Crippen LogP contribution in [0.3, 0.4) is 0 Å². The summed E-state index contributed by atoms with van der Waals surface area (Å²) in [7, 11) is 0. The highest BCUT2D eigenvalue weighted by molar-refractivity contribution is 5.81. The second-order valence-corrected chi connectivity index (χ2v) is 5.89. The second kappa shape index (κ2) is 5.72. The van der Waals surface area contributed by atoms with Crippen LogP contribution >= 0.6 is 0 Å². The summed E-state index contributed by atoms with van der Waals surface area (Å²) in [6.45, 7) is 2.08. The molecular formula is C14H23NO3. The molecule has 0 aromatic carbocycles. The van der Waals surface area contributed by atoms with E-state index in [1.165, 1.54) is 25.7 Å². The van der Waals surface area contributed by atoms with Crippen LogP contribution in [0, 0.1) is 17.8 Å². The van der Waals surface area contributed by atoms with Crippen LogP contribution < -0.4 is 5.32 Å². The molecule has 0 aromatic heterocycles. The summed E-state index contributed by atoms with van der Waals surface area (Å²) in [6.07, 6.45) is 6.85. The number of carboxylic acids is 1. The van der Waals surface area contributed by atoms with Crippen LogP contribution in [0.5, 0.6) is 0 Å². The average molecular weight is 253 g/mol. The summed E-state index contributed by atoms with van der Waals surface area (Å²) in [5.41, 5.74) is 0. The van der Waals surface area contributed by atoms with E-state index < -0.39 is 5.97 Å². The fourth-order valence-corrected chi connectivity index (χ4v) is 3.36. The van der Waals surface area contributed by atoms with Gasteiger partial charge in [0.25, 0.3) is 0 Å². The van der Waals surface area contributed by atoms with Crippen LogP contribution in [0.2, 0.25) is 0 Å². The second-order valence-electron chi connectivity index (χ2n) is 5.89. The molecule has 102 valence electrons. The van der Waals surface area contributed by atoms with E-state index in [1.54, 1.807) is 0 Å². The maximum Gasteiger partial charge on any atom is 0.306 e. The minimum Gasteiger partial charge on any atom is -0.481 e. The first-order valence-electron chi connectivity index (χ1n) is 7.11. The van der Waals surface area contributed by atoms with Crippen LogP contribution in [0.1, 0.15) is 51.9 Å². The first kappa shape index (κ1) is 13.4. The Morgan fingerprint density at radius 2 is 1.72 bits per heavy atom. The fourth-order valence-electron chi connectivity index (χ4n) is 3.36.